The van der Waals surface area contributed by atoms with Crippen molar-refractivity contribution in [3.63, 3.8) is 0 Å². The molecule has 4 rings (SSSR count). The Bertz CT molecular complexity index is 840. The van der Waals surface area contributed by atoms with E-state index in [9.17, 15) is 9.59 Å². The lowest BCUT2D eigenvalue weighted by atomic mass is 9.92. The van der Waals surface area contributed by atoms with Crippen molar-refractivity contribution in [3.8, 4) is 0 Å². The number of carbonyl (C=O) groups excluding carboxylic acids is 2. The zero-order valence-electron chi connectivity index (χ0n) is 15.0. The predicted octanol–water partition coefficient (Wildman–Crippen LogP) is 4.21. The fourth-order valence-corrected chi connectivity index (χ4v) is 4.00. The van der Waals surface area contributed by atoms with Crippen molar-refractivity contribution in [1.82, 2.24) is 0 Å². The third kappa shape index (κ3) is 3.11. The van der Waals surface area contributed by atoms with Gasteiger partial charge in [-0.25, -0.2) is 9.96 Å². The molecule has 2 saturated heterocycles. The molecule has 2 aromatic carbocycles. The van der Waals surface area contributed by atoms with E-state index in [0.29, 0.717) is 10.7 Å². The van der Waals surface area contributed by atoms with Crippen molar-refractivity contribution in [2.75, 3.05) is 9.96 Å². The molecule has 2 aliphatic heterocycles. The van der Waals surface area contributed by atoms with Gasteiger partial charge in [0.1, 0.15) is 0 Å². The van der Waals surface area contributed by atoms with Crippen molar-refractivity contribution in [2.45, 2.75) is 38.3 Å². The van der Waals surface area contributed by atoms with Crippen LogP contribution in [0.25, 0.3) is 0 Å². The Kier molecular flexibility index (Phi) is 4.89. The van der Waals surface area contributed by atoms with E-state index in [-0.39, 0.29) is 17.9 Å². The number of unbranched alkanes of at least 4 members (excludes halogenated alkanes) is 1. The molecule has 2 heterocycles. The monoisotopic (exact) mass is 384 g/mol. The van der Waals surface area contributed by atoms with Crippen LogP contribution in [-0.4, -0.2) is 24.0 Å². The molecule has 0 unspecified atom stereocenters. The molecule has 5 nitrogen and oxygen atoms in total. The van der Waals surface area contributed by atoms with Crippen LogP contribution < -0.4 is 9.96 Å². The van der Waals surface area contributed by atoms with Crippen molar-refractivity contribution in [2.24, 2.45) is 5.92 Å². The summed E-state index contributed by atoms with van der Waals surface area (Å²) in [6, 6.07) is 16.2. The van der Waals surface area contributed by atoms with Gasteiger partial charge >= 0.3 is 0 Å². The molecule has 6 heteroatoms. The number of rotatable bonds is 5. The molecule has 3 atom stereocenters. The van der Waals surface area contributed by atoms with E-state index in [4.69, 9.17) is 16.4 Å². The fourth-order valence-electron chi connectivity index (χ4n) is 3.87. The lowest BCUT2D eigenvalue weighted by Gasteiger charge is -2.28. The van der Waals surface area contributed by atoms with Gasteiger partial charge in [-0.2, -0.15) is 0 Å². The molecule has 2 aliphatic rings. The number of amides is 2. The molecule has 140 valence electrons. The highest BCUT2D eigenvalue weighted by molar-refractivity contribution is 6.31. The number of anilines is 2. The van der Waals surface area contributed by atoms with Crippen LogP contribution in [0.3, 0.4) is 0 Å². The van der Waals surface area contributed by atoms with Gasteiger partial charge in [-0.1, -0.05) is 49.6 Å². The Hall–Kier alpha value is -2.37. The van der Waals surface area contributed by atoms with Crippen molar-refractivity contribution in [3.05, 3.63) is 59.6 Å². The summed E-state index contributed by atoms with van der Waals surface area (Å²) in [5.41, 5.74) is 1.40. The largest absolute Gasteiger partial charge is 0.273 e. The average Bonchev–Trinajstić information content (AvgIpc) is 3.18. The average molecular weight is 385 g/mol. The number of hydroxylamine groups is 1. The maximum absolute atomic E-state index is 13.2. The van der Waals surface area contributed by atoms with E-state index in [1.54, 1.807) is 29.3 Å². The molecule has 0 aromatic heterocycles. The number of halogens is 1. The minimum atomic E-state index is -0.782. The first kappa shape index (κ1) is 18.0. The lowest BCUT2D eigenvalue weighted by Crippen LogP contribution is -2.40. The predicted molar refractivity (Wildman–Crippen MR) is 105 cm³/mol. The smallest absolute Gasteiger partial charge is 0.266 e. The van der Waals surface area contributed by atoms with Crippen LogP contribution in [0.4, 0.5) is 11.4 Å². The molecule has 0 saturated carbocycles. The molecular formula is C21H21ClN2O3. The van der Waals surface area contributed by atoms with Crippen molar-refractivity contribution >= 4 is 34.8 Å². The van der Waals surface area contributed by atoms with Gasteiger partial charge in [-0.3, -0.25) is 14.4 Å². The standard InChI is InChI=1S/C21H21ClN2O3/c1-2-3-9-17-18-19(27-24(17)16-7-5-4-6-8-16)21(26)23(20(18)25)15-12-10-14(22)11-13-15/h4-8,10-13,17-19H,2-3,9H2,1H3/t17-,18+,19-/m1/s1. The molecule has 0 bridgehead atoms. The van der Waals surface area contributed by atoms with Crippen LogP contribution in [0, 0.1) is 5.92 Å². The Labute approximate surface area is 163 Å². The van der Waals surface area contributed by atoms with Crippen molar-refractivity contribution < 1.29 is 14.4 Å². The summed E-state index contributed by atoms with van der Waals surface area (Å²) in [7, 11) is 0. The molecule has 0 spiro atoms. The van der Waals surface area contributed by atoms with Gasteiger partial charge in [-0.15, -0.1) is 0 Å². The molecule has 0 N–H and O–H groups in total. The minimum absolute atomic E-state index is 0.161. The third-order valence-corrected chi connectivity index (χ3v) is 5.44. The zero-order valence-corrected chi connectivity index (χ0v) is 15.8. The Morgan fingerprint density at radius 2 is 1.67 bits per heavy atom. The van der Waals surface area contributed by atoms with Crippen LogP contribution >= 0.6 is 11.6 Å². The normalized spacial score (nSPS) is 24.6. The highest BCUT2D eigenvalue weighted by Crippen LogP contribution is 2.42. The molecule has 2 amide bonds. The highest BCUT2D eigenvalue weighted by Gasteiger charge is 2.59. The zero-order chi connectivity index (χ0) is 19.0. The summed E-state index contributed by atoms with van der Waals surface area (Å²) >= 11 is 5.93. The number of imide groups is 1. The van der Waals surface area contributed by atoms with Gasteiger partial charge in [-0.05, 0) is 42.8 Å². The maximum Gasteiger partial charge on any atom is 0.266 e. The summed E-state index contributed by atoms with van der Waals surface area (Å²) < 4.78 is 0. The lowest BCUT2D eigenvalue weighted by molar-refractivity contribution is -0.126. The van der Waals surface area contributed by atoms with Crippen molar-refractivity contribution in [1.29, 1.82) is 0 Å². The SMILES string of the molecule is CCCC[C@@H]1[C@@H]2C(=O)N(c3ccc(Cl)cc3)C(=O)[C@@H]2ON1c1ccccc1. The molecule has 0 aliphatic carbocycles. The second-order valence-electron chi connectivity index (χ2n) is 6.91. The topological polar surface area (TPSA) is 49.9 Å². The van der Waals surface area contributed by atoms with Gasteiger partial charge in [0.05, 0.1) is 23.3 Å². The van der Waals surface area contributed by atoms with E-state index in [1.165, 1.54) is 4.90 Å². The van der Waals surface area contributed by atoms with Crippen LogP contribution in [0.15, 0.2) is 54.6 Å². The number of hydrogen-bond acceptors (Lipinski definition) is 4. The van der Waals surface area contributed by atoms with Gasteiger partial charge < -0.3 is 0 Å². The molecule has 27 heavy (non-hydrogen) atoms. The second-order valence-corrected chi connectivity index (χ2v) is 7.35. The Balaban J connectivity index is 1.66. The fraction of sp³-hybridized carbons (Fsp3) is 0.333. The quantitative estimate of drug-likeness (QED) is 0.724. The van der Waals surface area contributed by atoms with Crippen LogP contribution in [0.5, 0.6) is 0 Å². The number of hydrogen-bond donors (Lipinski definition) is 0. The number of carbonyl (C=O) groups is 2. The van der Waals surface area contributed by atoms with Crippen LogP contribution in [0.1, 0.15) is 26.2 Å². The number of nitrogens with zero attached hydrogens (tertiary/aromatic N) is 2. The van der Waals surface area contributed by atoms with E-state index in [1.807, 2.05) is 30.3 Å². The number of fused-ring (bicyclic) bond motifs is 1. The molecule has 2 aromatic rings. The Morgan fingerprint density at radius 1 is 0.963 bits per heavy atom. The second kappa shape index (κ2) is 7.33. The van der Waals surface area contributed by atoms with Gasteiger partial charge in [0.2, 0.25) is 5.91 Å². The number of benzene rings is 2. The summed E-state index contributed by atoms with van der Waals surface area (Å²) in [5.74, 6) is -1.01. The highest BCUT2D eigenvalue weighted by atomic mass is 35.5. The summed E-state index contributed by atoms with van der Waals surface area (Å²) in [4.78, 5) is 33.5. The van der Waals surface area contributed by atoms with E-state index < -0.39 is 12.0 Å². The van der Waals surface area contributed by atoms with Crippen LogP contribution in [-0.2, 0) is 14.4 Å². The summed E-state index contributed by atoms with van der Waals surface area (Å²) in [5, 5.41) is 2.32. The number of para-hydroxylation sites is 1. The van der Waals surface area contributed by atoms with Gasteiger partial charge in [0.25, 0.3) is 5.91 Å². The van der Waals surface area contributed by atoms with E-state index >= 15 is 0 Å². The first-order valence-electron chi connectivity index (χ1n) is 9.26. The molecule has 2 fully saturated rings. The summed E-state index contributed by atoms with van der Waals surface area (Å²) in [6.07, 6.45) is 1.98. The Morgan fingerprint density at radius 3 is 2.33 bits per heavy atom. The van der Waals surface area contributed by atoms with Gasteiger partial charge in [0.15, 0.2) is 6.10 Å². The van der Waals surface area contributed by atoms with E-state index in [2.05, 4.69) is 6.92 Å². The first-order chi connectivity index (χ1) is 13.1. The third-order valence-electron chi connectivity index (χ3n) is 5.19. The maximum atomic E-state index is 13.2. The summed E-state index contributed by atoms with van der Waals surface area (Å²) in [6.45, 7) is 2.11. The first-order valence-corrected chi connectivity index (χ1v) is 9.64. The minimum Gasteiger partial charge on any atom is -0.273 e. The van der Waals surface area contributed by atoms with Gasteiger partial charge in [0, 0.05) is 5.02 Å². The van der Waals surface area contributed by atoms with E-state index in [0.717, 1.165) is 24.9 Å². The van der Waals surface area contributed by atoms with Crippen LogP contribution in [0.2, 0.25) is 5.02 Å². The molecular weight excluding hydrogens is 364 g/mol. The molecule has 0 radical (unpaired) electrons.